The van der Waals surface area contributed by atoms with Gasteiger partial charge in [0.2, 0.25) is 5.91 Å². The van der Waals surface area contributed by atoms with Crippen LogP contribution in [0.15, 0.2) is 33.6 Å². The number of benzene rings is 1. The Labute approximate surface area is 120 Å². The summed E-state index contributed by atoms with van der Waals surface area (Å²) in [6, 6.07) is 8.12. The molecule has 0 heterocycles. The Morgan fingerprint density at radius 3 is 2.59 bits per heavy atom. The summed E-state index contributed by atoms with van der Waals surface area (Å²) >= 11 is 5.12. The molecule has 17 heavy (non-hydrogen) atoms. The molecule has 1 amide bonds. The molecule has 1 unspecified atom stereocenters. The molecular weight excluding hydrogens is 324 g/mol. The van der Waals surface area contributed by atoms with Crippen molar-refractivity contribution in [2.75, 3.05) is 13.1 Å². The normalized spacial score (nSPS) is 11.5. The number of rotatable bonds is 5. The number of hydrogen-bond donors (Lipinski definition) is 2. The van der Waals surface area contributed by atoms with Crippen LogP contribution in [0.25, 0.3) is 0 Å². The summed E-state index contributed by atoms with van der Waals surface area (Å²) in [5.74, 6) is -0.108. The van der Waals surface area contributed by atoms with Gasteiger partial charge >= 0.3 is 0 Å². The molecule has 0 bridgehead atoms. The minimum Gasteiger partial charge on any atom is -0.354 e. The molecule has 0 aliphatic rings. The van der Waals surface area contributed by atoms with Crippen molar-refractivity contribution >= 4 is 46.0 Å². The molecule has 0 saturated heterocycles. The number of hydrogen-bond acceptors (Lipinski definition) is 3. The van der Waals surface area contributed by atoms with Crippen molar-refractivity contribution < 1.29 is 4.79 Å². The Morgan fingerprint density at radius 1 is 1.47 bits per heavy atom. The molecule has 0 aliphatic heterocycles. The summed E-state index contributed by atoms with van der Waals surface area (Å²) in [7, 11) is 0. The molecule has 3 N–H and O–H groups in total. The van der Waals surface area contributed by atoms with E-state index < -0.39 is 0 Å². The first-order chi connectivity index (χ1) is 7.61. The van der Waals surface area contributed by atoms with Gasteiger partial charge in [-0.05, 0) is 24.3 Å². The molecule has 6 heteroatoms. The van der Waals surface area contributed by atoms with Gasteiger partial charge in [-0.3, -0.25) is 4.79 Å². The second-order valence-electron chi connectivity index (χ2n) is 3.39. The highest BCUT2D eigenvalue weighted by Crippen LogP contribution is 2.24. The Morgan fingerprint density at radius 2 is 2.06 bits per heavy atom. The standard InChI is InChI=1S/C11H15BrN2OS.ClH/c1-8(7-14-11(15)6-13)16-10-4-2-9(12)3-5-10;/h2-5,8H,6-7,13H2,1H3,(H,14,15);1H. The van der Waals surface area contributed by atoms with Crippen LogP contribution in [0.3, 0.4) is 0 Å². The van der Waals surface area contributed by atoms with Crippen molar-refractivity contribution in [3.05, 3.63) is 28.7 Å². The van der Waals surface area contributed by atoms with Gasteiger partial charge in [0.15, 0.2) is 0 Å². The molecule has 0 spiro atoms. The summed E-state index contributed by atoms with van der Waals surface area (Å²) in [6.07, 6.45) is 0. The van der Waals surface area contributed by atoms with E-state index in [0.29, 0.717) is 11.8 Å². The van der Waals surface area contributed by atoms with E-state index in [1.54, 1.807) is 11.8 Å². The smallest absolute Gasteiger partial charge is 0.233 e. The maximum absolute atomic E-state index is 11.0. The van der Waals surface area contributed by atoms with E-state index in [1.807, 2.05) is 12.1 Å². The monoisotopic (exact) mass is 338 g/mol. The van der Waals surface area contributed by atoms with E-state index in [0.717, 1.165) is 4.47 Å². The molecule has 1 rings (SSSR count). The third kappa shape index (κ3) is 6.93. The zero-order chi connectivity index (χ0) is 12.0. The fourth-order valence-electron chi connectivity index (χ4n) is 1.12. The third-order valence-corrected chi connectivity index (χ3v) is 3.57. The highest BCUT2D eigenvalue weighted by Gasteiger charge is 2.05. The van der Waals surface area contributed by atoms with Crippen LogP contribution in [0.5, 0.6) is 0 Å². The first-order valence-electron chi connectivity index (χ1n) is 5.01. The van der Waals surface area contributed by atoms with E-state index in [4.69, 9.17) is 5.73 Å². The Kier molecular flexibility index (Phi) is 8.68. The third-order valence-electron chi connectivity index (χ3n) is 1.92. The Hall–Kier alpha value is -0.230. The highest BCUT2D eigenvalue weighted by molar-refractivity contribution is 9.10. The summed E-state index contributed by atoms with van der Waals surface area (Å²) in [6.45, 7) is 2.76. The predicted octanol–water partition coefficient (Wildman–Crippen LogP) is 2.43. The number of carbonyl (C=O) groups excluding carboxylic acids is 1. The average Bonchev–Trinajstić information content (AvgIpc) is 2.29. The van der Waals surface area contributed by atoms with E-state index in [1.165, 1.54) is 4.90 Å². The van der Waals surface area contributed by atoms with Crippen molar-refractivity contribution in [3.63, 3.8) is 0 Å². The molecule has 96 valence electrons. The van der Waals surface area contributed by atoms with Crippen LogP contribution in [0, 0.1) is 0 Å². The maximum Gasteiger partial charge on any atom is 0.233 e. The molecular formula is C11H16BrClN2OS. The molecule has 1 atom stereocenters. The average molecular weight is 340 g/mol. The van der Waals surface area contributed by atoms with E-state index in [2.05, 4.69) is 40.3 Å². The first-order valence-corrected chi connectivity index (χ1v) is 6.68. The van der Waals surface area contributed by atoms with Crippen LogP contribution in [-0.2, 0) is 4.79 Å². The molecule has 0 saturated carbocycles. The number of nitrogens with two attached hydrogens (primary N) is 1. The quantitative estimate of drug-likeness (QED) is 0.810. The number of carbonyl (C=O) groups is 1. The topological polar surface area (TPSA) is 55.1 Å². The van der Waals surface area contributed by atoms with E-state index >= 15 is 0 Å². The van der Waals surface area contributed by atoms with Crippen molar-refractivity contribution in [2.24, 2.45) is 5.73 Å². The highest BCUT2D eigenvalue weighted by atomic mass is 79.9. The van der Waals surface area contributed by atoms with E-state index in [-0.39, 0.29) is 24.9 Å². The van der Waals surface area contributed by atoms with Gasteiger partial charge in [-0.1, -0.05) is 22.9 Å². The summed E-state index contributed by atoms with van der Waals surface area (Å²) in [5, 5.41) is 3.10. The van der Waals surface area contributed by atoms with Gasteiger partial charge in [-0.25, -0.2) is 0 Å². The van der Waals surface area contributed by atoms with Gasteiger partial charge in [0.1, 0.15) is 0 Å². The van der Waals surface area contributed by atoms with Crippen molar-refractivity contribution in [1.29, 1.82) is 0 Å². The van der Waals surface area contributed by atoms with Crippen LogP contribution < -0.4 is 11.1 Å². The van der Waals surface area contributed by atoms with Crippen LogP contribution >= 0.6 is 40.1 Å². The van der Waals surface area contributed by atoms with Gasteiger partial charge in [0, 0.05) is 21.2 Å². The van der Waals surface area contributed by atoms with Gasteiger partial charge in [0.05, 0.1) is 6.54 Å². The lowest BCUT2D eigenvalue weighted by Gasteiger charge is -2.11. The van der Waals surface area contributed by atoms with Gasteiger partial charge in [0.25, 0.3) is 0 Å². The minimum absolute atomic E-state index is 0. The minimum atomic E-state index is -0.108. The largest absolute Gasteiger partial charge is 0.354 e. The van der Waals surface area contributed by atoms with Crippen molar-refractivity contribution in [2.45, 2.75) is 17.1 Å². The zero-order valence-electron chi connectivity index (χ0n) is 9.48. The maximum atomic E-state index is 11.0. The Balaban J connectivity index is 0.00000256. The second-order valence-corrected chi connectivity index (χ2v) is 5.82. The van der Waals surface area contributed by atoms with Crippen LogP contribution in [0.1, 0.15) is 6.92 Å². The van der Waals surface area contributed by atoms with Crippen molar-refractivity contribution in [3.8, 4) is 0 Å². The molecule has 1 aromatic rings. The fourth-order valence-corrected chi connectivity index (χ4v) is 2.31. The van der Waals surface area contributed by atoms with Crippen LogP contribution in [0.4, 0.5) is 0 Å². The van der Waals surface area contributed by atoms with Crippen molar-refractivity contribution in [1.82, 2.24) is 5.32 Å². The molecule has 3 nitrogen and oxygen atoms in total. The lowest BCUT2D eigenvalue weighted by atomic mass is 10.4. The fraction of sp³-hybridized carbons (Fsp3) is 0.364. The number of amides is 1. The SMILES string of the molecule is CC(CNC(=O)CN)Sc1ccc(Br)cc1.Cl. The number of nitrogens with one attached hydrogen (secondary N) is 1. The molecule has 0 radical (unpaired) electrons. The lowest BCUT2D eigenvalue weighted by Crippen LogP contribution is -2.34. The summed E-state index contributed by atoms with van der Waals surface area (Å²) < 4.78 is 1.07. The van der Waals surface area contributed by atoms with Gasteiger partial charge in [-0.15, -0.1) is 24.2 Å². The van der Waals surface area contributed by atoms with Crippen LogP contribution in [-0.4, -0.2) is 24.2 Å². The molecule has 0 aliphatic carbocycles. The predicted molar refractivity (Wildman–Crippen MR) is 78.8 cm³/mol. The number of halogens is 2. The number of thioether (sulfide) groups is 1. The van der Waals surface area contributed by atoms with Crippen LogP contribution in [0.2, 0.25) is 0 Å². The molecule has 0 aromatic heterocycles. The zero-order valence-corrected chi connectivity index (χ0v) is 12.7. The van der Waals surface area contributed by atoms with Gasteiger partial charge < -0.3 is 11.1 Å². The summed E-state index contributed by atoms with van der Waals surface area (Å²) in [4.78, 5) is 12.2. The summed E-state index contributed by atoms with van der Waals surface area (Å²) in [5.41, 5.74) is 5.20. The molecule has 1 aromatic carbocycles. The second kappa shape index (κ2) is 8.80. The first kappa shape index (κ1) is 16.8. The lowest BCUT2D eigenvalue weighted by molar-refractivity contribution is -0.119. The molecule has 0 fully saturated rings. The van der Waals surface area contributed by atoms with E-state index in [9.17, 15) is 4.79 Å². The van der Waals surface area contributed by atoms with Gasteiger partial charge in [-0.2, -0.15) is 0 Å². The Bertz CT molecular complexity index is 348.